The van der Waals surface area contributed by atoms with Crippen molar-refractivity contribution in [2.75, 3.05) is 6.61 Å². The van der Waals surface area contributed by atoms with Gasteiger partial charge in [-0.1, -0.05) is 51.2 Å². The highest BCUT2D eigenvalue weighted by Gasteiger charge is 2.06. The average molecular weight is 334 g/mol. The van der Waals surface area contributed by atoms with Crippen molar-refractivity contribution in [3.05, 3.63) is 28.2 Å². The Morgan fingerprint density at radius 1 is 1.11 bits per heavy atom. The molecule has 0 spiro atoms. The Balaban J connectivity index is 2.26. The number of unbranched alkanes of at least 4 members (excludes halogenated alkanes) is 5. The molecule has 3 heteroatoms. The minimum Gasteiger partial charge on any atom is -0.492 e. The lowest BCUT2D eigenvalue weighted by Crippen LogP contribution is -2.00. The maximum atomic E-state index is 5.90. The van der Waals surface area contributed by atoms with Crippen LogP contribution in [-0.4, -0.2) is 6.61 Å². The van der Waals surface area contributed by atoms with Crippen LogP contribution in [0.3, 0.4) is 0 Å². The van der Waals surface area contributed by atoms with E-state index in [9.17, 15) is 0 Å². The molecule has 102 valence electrons. The fourth-order valence-electron chi connectivity index (χ4n) is 1.88. The lowest BCUT2D eigenvalue weighted by molar-refractivity contribution is 0.300. The number of alkyl halides is 1. The van der Waals surface area contributed by atoms with Crippen molar-refractivity contribution < 1.29 is 4.74 Å². The van der Waals surface area contributed by atoms with Gasteiger partial charge in [0, 0.05) is 5.56 Å². The number of benzene rings is 1. The van der Waals surface area contributed by atoms with Crippen LogP contribution in [0.5, 0.6) is 5.75 Å². The van der Waals surface area contributed by atoms with Crippen LogP contribution in [0.1, 0.15) is 51.0 Å². The first-order chi connectivity index (χ1) is 8.79. The highest BCUT2D eigenvalue weighted by molar-refractivity contribution is 9.10. The van der Waals surface area contributed by atoms with Crippen molar-refractivity contribution >= 4 is 27.5 Å². The summed E-state index contributed by atoms with van der Waals surface area (Å²) in [5, 5.41) is 0. The van der Waals surface area contributed by atoms with Gasteiger partial charge < -0.3 is 4.74 Å². The summed E-state index contributed by atoms with van der Waals surface area (Å²) in [5.74, 6) is 1.40. The number of para-hydroxylation sites is 1. The zero-order valence-electron chi connectivity index (χ0n) is 11.1. The SMILES string of the molecule is CCCCCCCCOc1c(Br)cccc1CCl. The highest BCUT2D eigenvalue weighted by atomic mass is 79.9. The Morgan fingerprint density at radius 2 is 1.83 bits per heavy atom. The molecule has 0 atom stereocenters. The van der Waals surface area contributed by atoms with Crippen molar-refractivity contribution in [2.45, 2.75) is 51.3 Å². The van der Waals surface area contributed by atoms with Crippen LogP contribution in [0, 0.1) is 0 Å². The number of hydrogen-bond donors (Lipinski definition) is 0. The van der Waals surface area contributed by atoms with E-state index < -0.39 is 0 Å². The van der Waals surface area contributed by atoms with Crippen LogP contribution in [-0.2, 0) is 5.88 Å². The van der Waals surface area contributed by atoms with Crippen LogP contribution in [0.4, 0.5) is 0 Å². The molecule has 0 fully saturated rings. The van der Waals surface area contributed by atoms with Crippen molar-refractivity contribution in [3.8, 4) is 5.75 Å². The molecule has 0 heterocycles. The maximum absolute atomic E-state index is 5.90. The molecule has 0 aliphatic heterocycles. The van der Waals surface area contributed by atoms with Crippen molar-refractivity contribution in [1.29, 1.82) is 0 Å². The minimum absolute atomic E-state index is 0.491. The largest absolute Gasteiger partial charge is 0.492 e. The van der Waals surface area contributed by atoms with Crippen molar-refractivity contribution in [1.82, 2.24) is 0 Å². The molecular weight excluding hydrogens is 312 g/mol. The summed E-state index contributed by atoms with van der Waals surface area (Å²) in [5.41, 5.74) is 1.05. The Morgan fingerprint density at radius 3 is 2.56 bits per heavy atom. The summed E-state index contributed by atoms with van der Waals surface area (Å²) in [7, 11) is 0. The predicted octanol–water partition coefficient (Wildman–Crippen LogP) is 5.93. The Labute approximate surface area is 124 Å². The van der Waals surface area contributed by atoms with Gasteiger partial charge in [0.25, 0.3) is 0 Å². The molecule has 0 saturated carbocycles. The number of hydrogen-bond acceptors (Lipinski definition) is 1. The molecule has 0 saturated heterocycles. The average Bonchev–Trinajstić information content (AvgIpc) is 2.39. The maximum Gasteiger partial charge on any atom is 0.137 e. The molecular formula is C15H22BrClO. The van der Waals surface area contributed by atoms with Gasteiger partial charge in [0.05, 0.1) is 17.0 Å². The third-order valence-electron chi connectivity index (χ3n) is 2.94. The first kappa shape index (κ1) is 15.8. The molecule has 0 aliphatic rings. The first-order valence-electron chi connectivity index (χ1n) is 6.75. The lowest BCUT2D eigenvalue weighted by Gasteiger charge is -2.11. The topological polar surface area (TPSA) is 9.23 Å². The Kier molecular flexibility index (Phi) is 8.53. The van der Waals surface area contributed by atoms with Crippen LogP contribution in [0.25, 0.3) is 0 Å². The van der Waals surface area contributed by atoms with E-state index in [1.54, 1.807) is 0 Å². The first-order valence-corrected chi connectivity index (χ1v) is 8.08. The second kappa shape index (κ2) is 9.69. The van der Waals surface area contributed by atoms with E-state index in [4.69, 9.17) is 16.3 Å². The van der Waals surface area contributed by atoms with Gasteiger partial charge in [-0.25, -0.2) is 0 Å². The van der Waals surface area contributed by atoms with Crippen molar-refractivity contribution in [2.24, 2.45) is 0 Å². The summed E-state index contributed by atoms with van der Waals surface area (Å²) >= 11 is 9.41. The van der Waals surface area contributed by atoms with E-state index in [1.165, 1.54) is 32.1 Å². The van der Waals surface area contributed by atoms with Crippen molar-refractivity contribution in [3.63, 3.8) is 0 Å². The van der Waals surface area contributed by atoms with Gasteiger partial charge >= 0.3 is 0 Å². The van der Waals surface area contributed by atoms with Crippen LogP contribution in [0.15, 0.2) is 22.7 Å². The second-order valence-electron chi connectivity index (χ2n) is 4.48. The van der Waals surface area contributed by atoms with E-state index in [2.05, 4.69) is 22.9 Å². The molecule has 1 rings (SSSR count). The number of ether oxygens (including phenoxy) is 1. The Bertz CT molecular complexity index is 341. The normalized spacial score (nSPS) is 10.6. The predicted molar refractivity (Wildman–Crippen MR) is 82.6 cm³/mol. The third-order valence-corrected chi connectivity index (χ3v) is 3.85. The van der Waals surface area contributed by atoms with Gasteiger partial charge in [-0.3, -0.25) is 0 Å². The van der Waals surface area contributed by atoms with Gasteiger partial charge in [0.2, 0.25) is 0 Å². The zero-order valence-corrected chi connectivity index (χ0v) is 13.4. The number of halogens is 2. The fraction of sp³-hybridized carbons (Fsp3) is 0.600. The van der Waals surface area contributed by atoms with E-state index in [1.807, 2.05) is 18.2 Å². The van der Waals surface area contributed by atoms with Gasteiger partial charge in [-0.15, -0.1) is 11.6 Å². The van der Waals surface area contributed by atoms with Gasteiger partial charge in [-0.05, 0) is 28.4 Å². The molecule has 0 amide bonds. The highest BCUT2D eigenvalue weighted by Crippen LogP contribution is 2.30. The molecule has 18 heavy (non-hydrogen) atoms. The van der Waals surface area contributed by atoms with E-state index >= 15 is 0 Å². The van der Waals surface area contributed by atoms with E-state index in [0.29, 0.717) is 5.88 Å². The molecule has 0 aromatic heterocycles. The fourth-order valence-corrected chi connectivity index (χ4v) is 2.61. The molecule has 0 radical (unpaired) electrons. The summed E-state index contributed by atoms with van der Waals surface area (Å²) in [6.07, 6.45) is 7.68. The van der Waals surface area contributed by atoms with E-state index in [0.717, 1.165) is 28.8 Å². The molecule has 1 aromatic rings. The van der Waals surface area contributed by atoms with Crippen LogP contribution in [0.2, 0.25) is 0 Å². The summed E-state index contributed by atoms with van der Waals surface area (Å²) in [6.45, 7) is 3.02. The second-order valence-corrected chi connectivity index (χ2v) is 5.60. The standard InChI is InChI=1S/C15H22BrClO/c1-2-3-4-5-6-7-11-18-15-13(12-17)9-8-10-14(15)16/h8-10H,2-7,11-12H2,1H3. The smallest absolute Gasteiger partial charge is 0.137 e. The Hall–Kier alpha value is -0.210. The zero-order chi connectivity index (χ0) is 13.2. The molecule has 1 aromatic carbocycles. The summed E-state index contributed by atoms with van der Waals surface area (Å²) < 4.78 is 6.83. The third kappa shape index (κ3) is 5.62. The number of rotatable bonds is 9. The van der Waals surface area contributed by atoms with Crippen LogP contribution < -0.4 is 4.74 Å². The van der Waals surface area contributed by atoms with Gasteiger partial charge in [0.1, 0.15) is 5.75 Å². The summed E-state index contributed by atoms with van der Waals surface area (Å²) in [4.78, 5) is 0. The molecule has 0 N–H and O–H groups in total. The van der Waals surface area contributed by atoms with E-state index in [-0.39, 0.29) is 0 Å². The van der Waals surface area contributed by atoms with Gasteiger partial charge in [-0.2, -0.15) is 0 Å². The lowest BCUT2D eigenvalue weighted by atomic mass is 10.1. The monoisotopic (exact) mass is 332 g/mol. The van der Waals surface area contributed by atoms with Crippen LogP contribution >= 0.6 is 27.5 Å². The molecule has 1 nitrogen and oxygen atoms in total. The summed E-state index contributed by atoms with van der Waals surface area (Å²) in [6, 6.07) is 5.99. The quantitative estimate of drug-likeness (QED) is 0.402. The molecule has 0 unspecified atom stereocenters. The minimum atomic E-state index is 0.491. The molecule has 0 bridgehead atoms. The van der Waals surface area contributed by atoms with Gasteiger partial charge in [0.15, 0.2) is 0 Å². The molecule has 0 aliphatic carbocycles.